The average Bonchev–Trinajstić information content (AvgIpc) is 2.48. The number of benzene rings is 2. The summed E-state index contributed by atoms with van der Waals surface area (Å²) in [5.41, 5.74) is 4.13. The van der Waals surface area contributed by atoms with Crippen LogP contribution in [-0.2, 0) is 0 Å². The van der Waals surface area contributed by atoms with Gasteiger partial charge in [0, 0.05) is 12.1 Å². The van der Waals surface area contributed by atoms with Gasteiger partial charge in [-0.05, 0) is 37.0 Å². The summed E-state index contributed by atoms with van der Waals surface area (Å²) in [6.07, 6.45) is 2.35. The van der Waals surface area contributed by atoms with E-state index in [-0.39, 0.29) is 0 Å². The summed E-state index contributed by atoms with van der Waals surface area (Å²) in [6.45, 7) is 6.69. The van der Waals surface area contributed by atoms with Crippen LogP contribution in [0.3, 0.4) is 0 Å². The Balaban J connectivity index is 2.14. The molecule has 0 bridgehead atoms. The predicted octanol–water partition coefficient (Wildman–Crippen LogP) is 5.19. The van der Waals surface area contributed by atoms with Crippen LogP contribution in [0.25, 0.3) is 0 Å². The quantitative estimate of drug-likeness (QED) is 0.759. The van der Waals surface area contributed by atoms with E-state index >= 15 is 0 Å². The topological polar surface area (TPSA) is 12.0 Å². The molecule has 0 saturated heterocycles. The molecule has 20 heavy (non-hydrogen) atoms. The Labute approximate surface area is 123 Å². The fourth-order valence-corrected chi connectivity index (χ4v) is 2.78. The number of nitrogens with one attached hydrogen (secondary N) is 1. The van der Waals surface area contributed by atoms with Crippen LogP contribution in [0.4, 0.5) is 0 Å². The van der Waals surface area contributed by atoms with Gasteiger partial charge in [-0.3, -0.25) is 0 Å². The van der Waals surface area contributed by atoms with E-state index in [2.05, 4.69) is 80.7 Å². The molecule has 0 fully saturated rings. The molecule has 0 aliphatic rings. The van der Waals surface area contributed by atoms with Crippen molar-refractivity contribution in [2.24, 2.45) is 0 Å². The molecule has 0 aliphatic heterocycles. The van der Waals surface area contributed by atoms with Gasteiger partial charge in [0.1, 0.15) is 0 Å². The highest BCUT2D eigenvalue weighted by atomic mass is 14.9. The molecular weight excluding hydrogens is 242 g/mol. The molecule has 2 rings (SSSR count). The average molecular weight is 267 g/mol. The third-order valence-electron chi connectivity index (χ3n) is 3.89. The molecule has 0 amide bonds. The molecule has 0 aliphatic carbocycles. The van der Waals surface area contributed by atoms with Crippen molar-refractivity contribution in [2.75, 3.05) is 0 Å². The van der Waals surface area contributed by atoms with Crippen molar-refractivity contribution in [3.05, 3.63) is 71.3 Å². The number of hydrogen-bond donors (Lipinski definition) is 1. The predicted molar refractivity (Wildman–Crippen MR) is 86.8 cm³/mol. The maximum absolute atomic E-state index is 3.79. The molecule has 0 aromatic heterocycles. The zero-order chi connectivity index (χ0) is 14.4. The molecule has 0 heterocycles. The van der Waals surface area contributed by atoms with E-state index in [4.69, 9.17) is 0 Å². The first-order valence-corrected chi connectivity index (χ1v) is 7.59. The molecule has 1 nitrogen and oxygen atoms in total. The van der Waals surface area contributed by atoms with Gasteiger partial charge in [-0.2, -0.15) is 0 Å². The lowest BCUT2D eigenvalue weighted by Gasteiger charge is -2.25. The molecule has 2 atom stereocenters. The van der Waals surface area contributed by atoms with E-state index in [0.29, 0.717) is 12.1 Å². The van der Waals surface area contributed by atoms with Gasteiger partial charge in [0.2, 0.25) is 0 Å². The minimum Gasteiger partial charge on any atom is -0.303 e. The normalized spacial score (nSPS) is 13.9. The van der Waals surface area contributed by atoms with Crippen molar-refractivity contribution in [1.82, 2.24) is 5.32 Å². The molecule has 2 aromatic rings. The lowest BCUT2D eigenvalue weighted by Crippen LogP contribution is -2.25. The van der Waals surface area contributed by atoms with Crippen molar-refractivity contribution in [1.29, 1.82) is 0 Å². The fourth-order valence-electron chi connectivity index (χ4n) is 2.78. The fraction of sp³-hybridized carbons (Fsp3) is 0.368. The third-order valence-corrected chi connectivity index (χ3v) is 3.89. The smallest absolute Gasteiger partial charge is 0.0325 e. The van der Waals surface area contributed by atoms with Crippen LogP contribution < -0.4 is 5.32 Å². The van der Waals surface area contributed by atoms with Crippen LogP contribution in [0.5, 0.6) is 0 Å². The lowest BCUT2D eigenvalue weighted by atomic mass is 9.98. The maximum Gasteiger partial charge on any atom is 0.0325 e. The van der Waals surface area contributed by atoms with Crippen LogP contribution in [-0.4, -0.2) is 0 Å². The summed E-state index contributed by atoms with van der Waals surface area (Å²) in [4.78, 5) is 0. The van der Waals surface area contributed by atoms with Gasteiger partial charge in [-0.15, -0.1) is 0 Å². The summed E-state index contributed by atoms with van der Waals surface area (Å²) in [5.74, 6) is 0. The monoisotopic (exact) mass is 267 g/mol. The van der Waals surface area contributed by atoms with Crippen LogP contribution in [0.2, 0.25) is 0 Å². The van der Waals surface area contributed by atoms with Gasteiger partial charge >= 0.3 is 0 Å². The SMILES string of the molecule is CCCC(NC(C)c1ccccc1C)c1ccccc1. The van der Waals surface area contributed by atoms with Crippen molar-refractivity contribution >= 4 is 0 Å². The summed E-state index contributed by atoms with van der Waals surface area (Å²) < 4.78 is 0. The molecule has 2 unspecified atom stereocenters. The summed E-state index contributed by atoms with van der Waals surface area (Å²) in [5, 5.41) is 3.79. The first kappa shape index (κ1) is 14.8. The van der Waals surface area contributed by atoms with Crippen LogP contribution >= 0.6 is 0 Å². The maximum atomic E-state index is 3.79. The van der Waals surface area contributed by atoms with Gasteiger partial charge in [0.15, 0.2) is 0 Å². The second-order valence-corrected chi connectivity index (χ2v) is 5.50. The van der Waals surface area contributed by atoms with Crippen molar-refractivity contribution in [2.45, 2.75) is 45.7 Å². The standard InChI is InChI=1S/C19H25N/c1-4-10-19(17-12-6-5-7-13-17)20-16(3)18-14-9-8-11-15(18)2/h5-9,11-14,16,19-20H,4,10H2,1-3H3. The van der Waals surface area contributed by atoms with E-state index in [1.165, 1.54) is 29.5 Å². The van der Waals surface area contributed by atoms with E-state index in [9.17, 15) is 0 Å². The summed E-state index contributed by atoms with van der Waals surface area (Å²) in [6, 6.07) is 20.2. The zero-order valence-electron chi connectivity index (χ0n) is 12.8. The molecule has 0 saturated carbocycles. The van der Waals surface area contributed by atoms with E-state index < -0.39 is 0 Å². The van der Waals surface area contributed by atoms with E-state index in [0.717, 1.165) is 0 Å². The van der Waals surface area contributed by atoms with Crippen LogP contribution in [0.15, 0.2) is 54.6 Å². The van der Waals surface area contributed by atoms with Gasteiger partial charge in [0.05, 0.1) is 0 Å². The molecule has 1 heteroatoms. The Hall–Kier alpha value is -1.60. The van der Waals surface area contributed by atoms with Gasteiger partial charge in [0.25, 0.3) is 0 Å². The number of aryl methyl sites for hydroxylation is 1. The van der Waals surface area contributed by atoms with Gasteiger partial charge < -0.3 is 5.32 Å². The summed E-state index contributed by atoms with van der Waals surface area (Å²) in [7, 11) is 0. The highest BCUT2D eigenvalue weighted by molar-refractivity contribution is 5.29. The minimum absolute atomic E-state index is 0.368. The molecule has 0 spiro atoms. The van der Waals surface area contributed by atoms with E-state index in [1.54, 1.807) is 0 Å². The second-order valence-electron chi connectivity index (χ2n) is 5.50. The Bertz CT molecular complexity index is 518. The van der Waals surface area contributed by atoms with Gasteiger partial charge in [-0.1, -0.05) is 67.9 Å². The summed E-state index contributed by atoms with van der Waals surface area (Å²) >= 11 is 0. The Morgan fingerprint density at radius 3 is 2.25 bits per heavy atom. The highest BCUT2D eigenvalue weighted by Crippen LogP contribution is 2.24. The van der Waals surface area contributed by atoms with Crippen LogP contribution in [0, 0.1) is 6.92 Å². The first-order valence-electron chi connectivity index (χ1n) is 7.59. The number of rotatable bonds is 6. The zero-order valence-corrected chi connectivity index (χ0v) is 12.8. The molecule has 106 valence electrons. The largest absolute Gasteiger partial charge is 0.303 e. The molecule has 0 radical (unpaired) electrons. The van der Waals surface area contributed by atoms with Crippen molar-refractivity contribution in [3.63, 3.8) is 0 Å². The Kier molecular flexibility index (Phi) is 5.37. The molecule has 2 aromatic carbocycles. The number of hydrogen-bond acceptors (Lipinski definition) is 1. The van der Waals surface area contributed by atoms with Gasteiger partial charge in [-0.25, -0.2) is 0 Å². The second kappa shape index (κ2) is 7.25. The Morgan fingerprint density at radius 1 is 0.950 bits per heavy atom. The third kappa shape index (κ3) is 3.71. The molecular formula is C19H25N. The molecule has 1 N–H and O–H groups in total. The van der Waals surface area contributed by atoms with Crippen LogP contribution in [0.1, 0.15) is 55.5 Å². The lowest BCUT2D eigenvalue weighted by molar-refractivity contribution is 0.438. The first-order chi connectivity index (χ1) is 9.72. The Morgan fingerprint density at radius 2 is 1.60 bits per heavy atom. The van der Waals surface area contributed by atoms with E-state index in [1.807, 2.05) is 0 Å². The van der Waals surface area contributed by atoms with Crippen molar-refractivity contribution in [3.8, 4) is 0 Å². The minimum atomic E-state index is 0.368. The van der Waals surface area contributed by atoms with Crippen molar-refractivity contribution < 1.29 is 0 Å². The highest BCUT2D eigenvalue weighted by Gasteiger charge is 2.15.